The van der Waals surface area contributed by atoms with Gasteiger partial charge in [-0.3, -0.25) is 9.67 Å². The Labute approximate surface area is 86.7 Å². The van der Waals surface area contributed by atoms with Gasteiger partial charge >= 0.3 is 0 Å². The summed E-state index contributed by atoms with van der Waals surface area (Å²) in [6.07, 6.45) is 0.897. The lowest BCUT2D eigenvalue weighted by molar-refractivity contribution is 0.155. The molecule has 2 rings (SSSR count). The van der Waals surface area contributed by atoms with Crippen LogP contribution in [0.4, 0.5) is 0 Å². The Morgan fingerprint density at radius 3 is 3.14 bits per heavy atom. The topological polar surface area (TPSA) is 63.1 Å². The molecule has 0 aliphatic carbocycles. The number of aromatic nitrogens is 3. The normalized spacial score (nSPS) is 27.0. The van der Waals surface area contributed by atoms with E-state index in [2.05, 4.69) is 17.1 Å². The van der Waals surface area contributed by atoms with Crippen LogP contribution in [0.5, 0.6) is 0 Å². The minimum atomic E-state index is -0.165. The lowest BCUT2D eigenvalue weighted by atomic mass is 10.0. The van der Waals surface area contributed by atoms with E-state index in [1.165, 1.54) is 0 Å². The van der Waals surface area contributed by atoms with Gasteiger partial charge < -0.3 is 9.84 Å². The van der Waals surface area contributed by atoms with Gasteiger partial charge in [0.25, 0.3) is 0 Å². The second-order valence-electron chi connectivity index (χ2n) is 3.74. The summed E-state index contributed by atoms with van der Waals surface area (Å²) in [4.78, 5) is 0. The van der Waals surface area contributed by atoms with Crippen LogP contribution in [0.25, 0.3) is 0 Å². The number of rotatable bonds is 2. The van der Waals surface area contributed by atoms with Crippen LogP contribution in [0.15, 0.2) is 0 Å². The number of aliphatic hydroxyl groups excluding tert-OH is 1. The first kappa shape index (κ1) is 9.82. The fourth-order valence-corrected chi connectivity index (χ4v) is 2.20. The molecule has 1 saturated heterocycles. The Morgan fingerprint density at radius 2 is 2.57 bits per heavy atom. The summed E-state index contributed by atoms with van der Waals surface area (Å²) in [6.45, 7) is 3.30. The van der Waals surface area contributed by atoms with E-state index in [1.807, 2.05) is 4.57 Å². The molecule has 0 aromatic carbocycles. The summed E-state index contributed by atoms with van der Waals surface area (Å²) < 4.78 is 7.75. The van der Waals surface area contributed by atoms with Crippen molar-refractivity contribution in [1.29, 1.82) is 0 Å². The van der Waals surface area contributed by atoms with Gasteiger partial charge in [0.2, 0.25) is 0 Å². The maximum Gasteiger partial charge on any atom is 0.195 e. The molecule has 2 heterocycles. The Balaban J connectivity index is 2.48. The molecule has 1 aliphatic heterocycles. The maximum absolute atomic E-state index is 9.12. The van der Waals surface area contributed by atoms with Crippen LogP contribution in [-0.4, -0.2) is 33.1 Å². The minimum absolute atomic E-state index is 0.108. The van der Waals surface area contributed by atoms with Crippen molar-refractivity contribution >= 4 is 12.2 Å². The summed E-state index contributed by atoms with van der Waals surface area (Å²) in [6, 6.07) is 0. The summed E-state index contributed by atoms with van der Waals surface area (Å²) in [5.74, 6) is 0.572. The largest absolute Gasteiger partial charge is 0.388 e. The number of nitrogens with one attached hydrogen (secondary N) is 1. The van der Waals surface area contributed by atoms with Crippen LogP contribution in [-0.2, 0) is 16.9 Å². The van der Waals surface area contributed by atoms with E-state index in [9.17, 15) is 0 Å². The molecular formula is C8H13N3O2S. The number of aliphatic hydroxyl groups is 1. The van der Waals surface area contributed by atoms with Gasteiger partial charge in [0, 0.05) is 6.61 Å². The Morgan fingerprint density at radius 1 is 1.79 bits per heavy atom. The molecule has 6 heteroatoms. The van der Waals surface area contributed by atoms with Gasteiger partial charge in [-0.05, 0) is 25.6 Å². The Hall–Kier alpha value is -0.720. The van der Waals surface area contributed by atoms with E-state index in [0.29, 0.717) is 17.2 Å². The molecule has 0 amide bonds. The zero-order chi connectivity index (χ0) is 10.2. The van der Waals surface area contributed by atoms with Gasteiger partial charge in [-0.1, -0.05) is 0 Å². The lowest BCUT2D eigenvalue weighted by Crippen LogP contribution is -2.32. The van der Waals surface area contributed by atoms with Crippen molar-refractivity contribution in [3.8, 4) is 0 Å². The van der Waals surface area contributed by atoms with E-state index in [-0.39, 0.29) is 12.1 Å². The molecule has 1 atom stereocenters. The average molecular weight is 215 g/mol. The lowest BCUT2D eigenvalue weighted by Gasteiger charge is -2.24. The van der Waals surface area contributed by atoms with Crippen LogP contribution < -0.4 is 0 Å². The van der Waals surface area contributed by atoms with Crippen molar-refractivity contribution in [2.45, 2.75) is 25.5 Å². The number of aromatic amines is 1. The zero-order valence-electron chi connectivity index (χ0n) is 7.99. The molecule has 78 valence electrons. The summed E-state index contributed by atoms with van der Waals surface area (Å²) in [5.41, 5.74) is -0.165. The zero-order valence-corrected chi connectivity index (χ0v) is 8.80. The summed E-state index contributed by atoms with van der Waals surface area (Å²) in [7, 11) is 0. The van der Waals surface area contributed by atoms with Crippen molar-refractivity contribution < 1.29 is 9.84 Å². The van der Waals surface area contributed by atoms with Gasteiger partial charge in [0.15, 0.2) is 10.6 Å². The predicted molar refractivity (Wildman–Crippen MR) is 52.4 cm³/mol. The second kappa shape index (κ2) is 3.45. The highest BCUT2D eigenvalue weighted by molar-refractivity contribution is 7.71. The molecule has 1 unspecified atom stereocenters. The molecule has 0 saturated carbocycles. The van der Waals surface area contributed by atoms with E-state index < -0.39 is 0 Å². The van der Waals surface area contributed by atoms with Gasteiger partial charge in [0.1, 0.15) is 6.61 Å². The molecule has 1 aromatic rings. The number of nitrogens with zero attached hydrogens (tertiary/aromatic N) is 2. The van der Waals surface area contributed by atoms with E-state index in [4.69, 9.17) is 22.1 Å². The third-order valence-corrected chi connectivity index (χ3v) is 2.89. The fourth-order valence-electron chi connectivity index (χ4n) is 1.82. The van der Waals surface area contributed by atoms with Crippen molar-refractivity contribution in [3.63, 3.8) is 0 Å². The molecule has 5 nitrogen and oxygen atoms in total. The quantitative estimate of drug-likeness (QED) is 0.708. The Bertz CT molecular complexity index is 378. The van der Waals surface area contributed by atoms with Crippen LogP contribution in [0, 0.1) is 4.77 Å². The number of hydrogen-bond donors (Lipinski definition) is 2. The highest BCUT2D eigenvalue weighted by atomic mass is 32.1. The average Bonchev–Trinajstić information content (AvgIpc) is 2.73. The standard InChI is InChI=1S/C8H13N3O2S/c1-8(2-3-13-5-8)11-6(4-12)9-10-7(11)14/h12H,2-5H2,1H3,(H,10,14). The second-order valence-corrected chi connectivity index (χ2v) is 4.12. The minimum Gasteiger partial charge on any atom is -0.388 e. The first-order valence-electron chi connectivity index (χ1n) is 4.53. The highest BCUT2D eigenvalue weighted by Crippen LogP contribution is 2.27. The summed E-state index contributed by atoms with van der Waals surface area (Å²) >= 11 is 5.13. The molecular weight excluding hydrogens is 202 g/mol. The van der Waals surface area contributed by atoms with Gasteiger partial charge in [-0.2, -0.15) is 5.10 Å². The van der Waals surface area contributed by atoms with Gasteiger partial charge in [0.05, 0.1) is 12.1 Å². The van der Waals surface area contributed by atoms with Gasteiger partial charge in [-0.25, -0.2) is 0 Å². The smallest absolute Gasteiger partial charge is 0.195 e. The van der Waals surface area contributed by atoms with Crippen LogP contribution >= 0.6 is 12.2 Å². The first-order chi connectivity index (χ1) is 6.67. The molecule has 14 heavy (non-hydrogen) atoms. The van der Waals surface area contributed by atoms with Crippen molar-refractivity contribution in [3.05, 3.63) is 10.6 Å². The fraction of sp³-hybridized carbons (Fsp3) is 0.750. The van der Waals surface area contributed by atoms with E-state index >= 15 is 0 Å². The summed E-state index contributed by atoms with van der Waals surface area (Å²) in [5, 5.41) is 15.8. The molecule has 2 N–H and O–H groups in total. The third-order valence-electron chi connectivity index (χ3n) is 2.62. The van der Waals surface area contributed by atoms with Gasteiger partial charge in [-0.15, -0.1) is 0 Å². The van der Waals surface area contributed by atoms with Crippen molar-refractivity contribution in [1.82, 2.24) is 14.8 Å². The number of ether oxygens (including phenoxy) is 1. The predicted octanol–water partition coefficient (Wildman–Crippen LogP) is 0.568. The maximum atomic E-state index is 9.12. The van der Waals surface area contributed by atoms with Crippen molar-refractivity contribution in [2.75, 3.05) is 13.2 Å². The number of H-pyrrole nitrogens is 1. The molecule has 0 bridgehead atoms. The van der Waals surface area contributed by atoms with E-state index in [1.54, 1.807) is 0 Å². The van der Waals surface area contributed by atoms with Crippen LogP contribution in [0.3, 0.4) is 0 Å². The molecule has 0 spiro atoms. The molecule has 1 fully saturated rings. The molecule has 1 aliphatic rings. The third kappa shape index (κ3) is 1.39. The van der Waals surface area contributed by atoms with Crippen LogP contribution in [0.2, 0.25) is 0 Å². The molecule has 0 radical (unpaired) electrons. The Kier molecular flexibility index (Phi) is 2.42. The monoisotopic (exact) mass is 215 g/mol. The number of hydrogen-bond acceptors (Lipinski definition) is 4. The highest BCUT2D eigenvalue weighted by Gasteiger charge is 2.34. The first-order valence-corrected chi connectivity index (χ1v) is 4.93. The SMILES string of the molecule is CC1(n2c(CO)n[nH]c2=S)CCOC1. The van der Waals surface area contributed by atoms with Crippen LogP contribution in [0.1, 0.15) is 19.2 Å². The van der Waals surface area contributed by atoms with Crippen molar-refractivity contribution in [2.24, 2.45) is 0 Å². The van der Waals surface area contributed by atoms with E-state index in [0.717, 1.165) is 13.0 Å². The molecule has 1 aromatic heterocycles.